The maximum absolute atomic E-state index is 10.1. The van der Waals surface area contributed by atoms with Gasteiger partial charge in [-0.3, -0.25) is 4.99 Å². The molecule has 4 N–H and O–H groups in total. The van der Waals surface area contributed by atoms with E-state index in [1.54, 1.807) is 0 Å². The summed E-state index contributed by atoms with van der Waals surface area (Å²) < 4.78 is 0. The third-order valence-electron chi connectivity index (χ3n) is 3.63. The first-order chi connectivity index (χ1) is 8.62. The standard InChI is InChI=1S/C13H27N3O2.HI/c1-3-14-12(15-8-9-17)16-10-13(2)7-5-4-6-11(13)18;/h11,17-18H,3-10H2,1-2H3,(H2,14,15,16);1H. The lowest BCUT2D eigenvalue weighted by molar-refractivity contribution is 0.00716. The van der Waals surface area contributed by atoms with Gasteiger partial charge in [-0.25, -0.2) is 0 Å². The van der Waals surface area contributed by atoms with Crippen molar-refractivity contribution in [3.05, 3.63) is 0 Å². The summed E-state index contributed by atoms with van der Waals surface area (Å²) in [5.74, 6) is 0.713. The van der Waals surface area contributed by atoms with Gasteiger partial charge in [0.2, 0.25) is 0 Å². The second kappa shape index (κ2) is 9.77. The number of rotatable bonds is 5. The molecule has 1 aliphatic rings. The van der Waals surface area contributed by atoms with Crippen LogP contribution in [-0.4, -0.2) is 48.5 Å². The number of aliphatic hydroxyl groups excluding tert-OH is 2. The first-order valence-electron chi connectivity index (χ1n) is 6.93. The number of halogens is 1. The third-order valence-corrected chi connectivity index (χ3v) is 3.63. The minimum atomic E-state index is -0.254. The monoisotopic (exact) mass is 385 g/mol. The average molecular weight is 385 g/mol. The summed E-state index contributed by atoms with van der Waals surface area (Å²) in [6.07, 6.45) is 3.94. The molecule has 1 aliphatic carbocycles. The molecule has 1 rings (SSSR count). The topological polar surface area (TPSA) is 76.9 Å². The van der Waals surface area contributed by atoms with Crippen LogP contribution in [0.15, 0.2) is 4.99 Å². The number of hydrogen-bond donors (Lipinski definition) is 4. The molecule has 6 heteroatoms. The zero-order chi connectivity index (χ0) is 13.4. The van der Waals surface area contributed by atoms with E-state index in [9.17, 15) is 5.11 Å². The second-order valence-electron chi connectivity index (χ2n) is 5.26. The van der Waals surface area contributed by atoms with Crippen LogP contribution in [0.5, 0.6) is 0 Å². The number of nitrogens with zero attached hydrogens (tertiary/aromatic N) is 1. The molecule has 2 atom stereocenters. The summed E-state index contributed by atoms with van der Waals surface area (Å²) in [5.41, 5.74) is -0.111. The summed E-state index contributed by atoms with van der Waals surface area (Å²) in [6.45, 7) is 6.10. The minimum absolute atomic E-state index is 0. The maximum Gasteiger partial charge on any atom is 0.191 e. The van der Waals surface area contributed by atoms with E-state index in [1.165, 1.54) is 6.42 Å². The maximum atomic E-state index is 10.1. The second-order valence-corrected chi connectivity index (χ2v) is 5.26. The van der Waals surface area contributed by atoms with Gasteiger partial charge in [0, 0.05) is 18.5 Å². The summed E-state index contributed by atoms with van der Waals surface area (Å²) in [6, 6.07) is 0. The van der Waals surface area contributed by atoms with Crippen LogP contribution in [0.2, 0.25) is 0 Å². The van der Waals surface area contributed by atoms with Gasteiger partial charge in [-0.2, -0.15) is 0 Å². The Labute approximate surface area is 133 Å². The minimum Gasteiger partial charge on any atom is -0.395 e. The van der Waals surface area contributed by atoms with Crippen molar-refractivity contribution in [3.63, 3.8) is 0 Å². The molecule has 0 heterocycles. The Morgan fingerprint density at radius 3 is 2.68 bits per heavy atom. The summed E-state index contributed by atoms with van der Waals surface area (Å²) in [5, 5.41) is 25.1. The Balaban J connectivity index is 0.00000324. The molecular weight excluding hydrogens is 357 g/mol. The predicted octanol–water partition coefficient (Wildman–Crippen LogP) is 1.09. The van der Waals surface area contributed by atoms with Gasteiger partial charge in [-0.05, 0) is 19.8 Å². The molecule has 0 amide bonds. The highest BCUT2D eigenvalue weighted by atomic mass is 127. The third kappa shape index (κ3) is 6.27. The van der Waals surface area contributed by atoms with Crippen molar-refractivity contribution in [2.24, 2.45) is 10.4 Å². The van der Waals surface area contributed by atoms with Crippen molar-refractivity contribution in [3.8, 4) is 0 Å². The van der Waals surface area contributed by atoms with E-state index in [0.717, 1.165) is 25.8 Å². The van der Waals surface area contributed by atoms with Crippen molar-refractivity contribution in [2.45, 2.75) is 45.6 Å². The van der Waals surface area contributed by atoms with Crippen molar-refractivity contribution < 1.29 is 10.2 Å². The lowest BCUT2D eigenvalue weighted by atomic mass is 9.73. The Hall–Kier alpha value is -0.0800. The van der Waals surface area contributed by atoms with E-state index in [-0.39, 0.29) is 42.1 Å². The van der Waals surface area contributed by atoms with Crippen LogP contribution in [0.4, 0.5) is 0 Å². The first-order valence-corrected chi connectivity index (χ1v) is 6.93. The number of hydrogen-bond acceptors (Lipinski definition) is 3. The number of nitrogens with one attached hydrogen (secondary N) is 2. The van der Waals surface area contributed by atoms with Gasteiger partial charge in [0.25, 0.3) is 0 Å². The van der Waals surface area contributed by atoms with Crippen molar-refractivity contribution in [2.75, 3.05) is 26.2 Å². The van der Waals surface area contributed by atoms with E-state index in [4.69, 9.17) is 5.11 Å². The van der Waals surface area contributed by atoms with Gasteiger partial charge in [0.1, 0.15) is 0 Å². The van der Waals surface area contributed by atoms with Crippen LogP contribution in [0.25, 0.3) is 0 Å². The first kappa shape index (κ1) is 18.9. The van der Waals surface area contributed by atoms with Gasteiger partial charge in [0.05, 0.1) is 19.3 Å². The largest absolute Gasteiger partial charge is 0.395 e. The van der Waals surface area contributed by atoms with E-state index in [0.29, 0.717) is 19.0 Å². The van der Waals surface area contributed by atoms with Gasteiger partial charge in [-0.1, -0.05) is 19.8 Å². The smallest absolute Gasteiger partial charge is 0.191 e. The molecule has 0 aliphatic heterocycles. The van der Waals surface area contributed by atoms with Crippen molar-refractivity contribution >= 4 is 29.9 Å². The molecule has 0 spiro atoms. The molecule has 114 valence electrons. The number of aliphatic hydroxyl groups is 2. The fraction of sp³-hybridized carbons (Fsp3) is 0.923. The molecule has 0 radical (unpaired) electrons. The van der Waals surface area contributed by atoms with E-state index < -0.39 is 0 Å². The van der Waals surface area contributed by atoms with Crippen LogP contribution >= 0.6 is 24.0 Å². The van der Waals surface area contributed by atoms with Crippen LogP contribution in [0, 0.1) is 5.41 Å². The zero-order valence-electron chi connectivity index (χ0n) is 12.0. The molecule has 0 saturated heterocycles. The van der Waals surface area contributed by atoms with Gasteiger partial charge in [-0.15, -0.1) is 24.0 Å². The van der Waals surface area contributed by atoms with Crippen LogP contribution in [0.1, 0.15) is 39.5 Å². The van der Waals surface area contributed by atoms with Crippen molar-refractivity contribution in [1.82, 2.24) is 10.6 Å². The quantitative estimate of drug-likeness (QED) is 0.325. The van der Waals surface area contributed by atoms with Gasteiger partial charge < -0.3 is 20.8 Å². The van der Waals surface area contributed by atoms with Gasteiger partial charge in [0.15, 0.2) is 5.96 Å². The number of guanidine groups is 1. The molecule has 1 saturated carbocycles. The molecule has 1 fully saturated rings. The van der Waals surface area contributed by atoms with Gasteiger partial charge >= 0.3 is 0 Å². The zero-order valence-corrected chi connectivity index (χ0v) is 14.3. The molecular formula is C13H28IN3O2. The summed E-state index contributed by atoms with van der Waals surface area (Å²) in [7, 11) is 0. The summed E-state index contributed by atoms with van der Waals surface area (Å²) in [4.78, 5) is 4.52. The van der Waals surface area contributed by atoms with Crippen LogP contribution in [-0.2, 0) is 0 Å². The molecule has 2 unspecified atom stereocenters. The van der Waals surface area contributed by atoms with E-state index >= 15 is 0 Å². The highest BCUT2D eigenvalue weighted by Crippen LogP contribution is 2.36. The van der Waals surface area contributed by atoms with E-state index in [1.807, 2.05) is 6.92 Å². The molecule has 0 aromatic heterocycles. The average Bonchev–Trinajstić information content (AvgIpc) is 2.37. The summed E-state index contributed by atoms with van der Waals surface area (Å²) >= 11 is 0. The molecule has 0 aromatic rings. The molecule has 19 heavy (non-hydrogen) atoms. The fourth-order valence-electron chi connectivity index (χ4n) is 2.34. The molecule has 0 aromatic carbocycles. The van der Waals surface area contributed by atoms with Crippen LogP contribution in [0.3, 0.4) is 0 Å². The predicted molar refractivity (Wildman–Crippen MR) is 89.1 cm³/mol. The Morgan fingerprint density at radius 2 is 2.11 bits per heavy atom. The van der Waals surface area contributed by atoms with Crippen molar-refractivity contribution in [1.29, 1.82) is 0 Å². The number of aliphatic imine (C=N–C) groups is 1. The van der Waals surface area contributed by atoms with Crippen LogP contribution < -0.4 is 10.6 Å². The Kier molecular flexibility index (Phi) is 9.72. The highest BCUT2D eigenvalue weighted by Gasteiger charge is 2.35. The SMILES string of the molecule is CCNC(=NCC1(C)CCCCC1O)NCCO.I. The fourth-order valence-corrected chi connectivity index (χ4v) is 2.34. The molecule has 0 bridgehead atoms. The lowest BCUT2D eigenvalue weighted by Gasteiger charge is -2.37. The normalized spacial score (nSPS) is 27.6. The Bertz CT molecular complexity index is 277. The highest BCUT2D eigenvalue weighted by molar-refractivity contribution is 14.0. The Morgan fingerprint density at radius 1 is 1.37 bits per heavy atom. The lowest BCUT2D eigenvalue weighted by Crippen LogP contribution is -2.42. The van der Waals surface area contributed by atoms with E-state index in [2.05, 4.69) is 22.5 Å². The molecule has 5 nitrogen and oxygen atoms in total.